The number of carbonyl (C=O) groups is 1. The van der Waals surface area contributed by atoms with Crippen molar-refractivity contribution in [1.29, 1.82) is 0 Å². The molecular weight excluding hydrogens is 506 g/mol. The SMILES string of the molecule is C[C@H](NC(=O)c1c(N)nc2cccnn12)c1oc2cccc(C#Cc3cnn(C)c3)c2c(=O)c1-c1ccccc1. The number of nitrogens with one attached hydrogen (secondary N) is 1. The Morgan fingerprint density at radius 2 is 1.88 bits per heavy atom. The van der Waals surface area contributed by atoms with Crippen LogP contribution in [-0.2, 0) is 7.05 Å². The third-order valence-corrected chi connectivity index (χ3v) is 6.43. The monoisotopic (exact) mass is 529 g/mol. The van der Waals surface area contributed by atoms with Crippen molar-refractivity contribution in [1.82, 2.24) is 29.7 Å². The molecule has 3 N–H and O–H groups in total. The molecule has 0 bridgehead atoms. The van der Waals surface area contributed by atoms with Gasteiger partial charge in [0.15, 0.2) is 17.2 Å². The number of benzene rings is 2. The number of anilines is 1. The Labute approximate surface area is 228 Å². The smallest absolute Gasteiger partial charge is 0.274 e. The average molecular weight is 530 g/mol. The van der Waals surface area contributed by atoms with Crippen LogP contribution in [0.1, 0.15) is 40.3 Å². The molecule has 0 aliphatic heterocycles. The van der Waals surface area contributed by atoms with Crippen LogP contribution in [0.15, 0.2) is 88.5 Å². The number of amides is 1. The van der Waals surface area contributed by atoms with Gasteiger partial charge >= 0.3 is 0 Å². The molecule has 10 heteroatoms. The highest BCUT2D eigenvalue weighted by atomic mass is 16.3. The molecule has 40 heavy (non-hydrogen) atoms. The standard InChI is InChI=1S/C30H23N7O3/c1-18(34-30(39)26-29(31)35-23-12-7-15-32-37(23)26)28-25(20-8-4-3-5-9-20)27(38)24-21(10-6-11-22(24)40-28)14-13-19-16-33-36(2)17-19/h3-12,15-18H,31H2,1-2H3,(H,34,39)/t18-/m0/s1. The summed E-state index contributed by atoms with van der Waals surface area (Å²) < 4.78 is 9.39. The molecule has 6 rings (SSSR count). The highest BCUT2D eigenvalue weighted by Gasteiger charge is 2.26. The van der Waals surface area contributed by atoms with Gasteiger partial charge in [-0.3, -0.25) is 14.3 Å². The summed E-state index contributed by atoms with van der Waals surface area (Å²) in [5.74, 6) is 6.00. The van der Waals surface area contributed by atoms with Crippen molar-refractivity contribution >= 4 is 28.3 Å². The number of imidazole rings is 1. The molecule has 0 unspecified atom stereocenters. The van der Waals surface area contributed by atoms with E-state index in [1.54, 1.807) is 60.5 Å². The molecule has 0 fully saturated rings. The Bertz CT molecular complexity index is 2030. The minimum Gasteiger partial charge on any atom is -0.458 e. The van der Waals surface area contributed by atoms with E-state index in [2.05, 4.69) is 32.3 Å². The van der Waals surface area contributed by atoms with Crippen molar-refractivity contribution < 1.29 is 9.21 Å². The second kappa shape index (κ2) is 9.89. The Morgan fingerprint density at radius 1 is 1.05 bits per heavy atom. The van der Waals surface area contributed by atoms with Crippen LogP contribution in [0.4, 0.5) is 5.82 Å². The summed E-state index contributed by atoms with van der Waals surface area (Å²) in [4.78, 5) is 31.7. The van der Waals surface area contributed by atoms with Crippen molar-refractivity contribution in [2.24, 2.45) is 7.05 Å². The first-order valence-electron chi connectivity index (χ1n) is 12.5. The van der Waals surface area contributed by atoms with Crippen LogP contribution >= 0.6 is 0 Å². The van der Waals surface area contributed by atoms with Gasteiger partial charge in [0.25, 0.3) is 5.91 Å². The number of nitrogens with two attached hydrogens (primary N) is 1. The number of hydrogen-bond acceptors (Lipinski definition) is 7. The fourth-order valence-corrected chi connectivity index (χ4v) is 4.62. The van der Waals surface area contributed by atoms with Gasteiger partial charge in [-0.1, -0.05) is 48.2 Å². The molecule has 6 aromatic rings. The number of fused-ring (bicyclic) bond motifs is 2. The lowest BCUT2D eigenvalue weighted by Crippen LogP contribution is -2.30. The van der Waals surface area contributed by atoms with E-state index in [4.69, 9.17) is 10.2 Å². The van der Waals surface area contributed by atoms with Crippen LogP contribution in [0.3, 0.4) is 0 Å². The highest BCUT2D eigenvalue weighted by molar-refractivity contribution is 5.98. The Balaban J connectivity index is 1.48. The fourth-order valence-electron chi connectivity index (χ4n) is 4.62. The van der Waals surface area contributed by atoms with Gasteiger partial charge in [0.2, 0.25) is 5.43 Å². The second-order valence-corrected chi connectivity index (χ2v) is 9.20. The van der Waals surface area contributed by atoms with E-state index in [1.807, 2.05) is 37.4 Å². The lowest BCUT2D eigenvalue weighted by atomic mass is 9.97. The molecule has 0 saturated heterocycles. The predicted molar refractivity (Wildman–Crippen MR) is 150 cm³/mol. The molecule has 0 aliphatic rings. The van der Waals surface area contributed by atoms with Crippen LogP contribution in [-0.4, -0.2) is 30.3 Å². The first kappa shape index (κ1) is 24.6. The molecule has 1 amide bonds. The predicted octanol–water partition coefficient (Wildman–Crippen LogP) is 3.71. The summed E-state index contributed by atoms with van der Waals surface area (Å²) in [5.41, 5.74) is 8.93. The molecule has 2 aromatic carbocycles. The minimum absolute atomic E-state index is 0.0449. The molecule has 1 atom stereocenters. The lowest BCUT2D eigenvalue weighted by molar-refractivity contribution is 0.0929. The normalized spacial score (nSPS) is 11.8. The number of nitrogens with zero attached hydrogens (tertiary/aromatic N) is 5. The number of nitrogen functional groups attached to an aromatic ring is 1. The summed E-state index contributed by atoms with van der Waals surface area (Å²) in [6.07, 6.45) is 4.99. The highest BCUT2D eigenvalue weighted by Crippen LogP contribution is 2.30. The molecule has 4 heterocycles. The molecule has 196 valence electrons. The molecule has 0 aliphatic carbocycles. The Kier molecular flexibility index (Phi) is 6.09. The van der Waals surface area contributed by atoms with Crippen molar-refractivity contribution in [3.05, 3.63) is 112 Å². The van der Waals surface area contributed by atoms with E-state index < -0.39 is 11.9 Å². The largest absolute Gasteiger partial charge is 0.458 e. The number of rotatable bonds is 4. The van der Waals surface area contributed by atoms with Gasteiger partial charge in [-0.25, -0.2) is 9.50 Å². The topological polar surface area (TPSA) is 133 Å². The third-order valence-electron chi connectivity index (χ3n) is 6.43. The van der Waals surface area contributed by atoms with Crippen molar-refractivity contribution in [2.75, 3.05) is 5.73 Å². The van der Waals surface area contributed by atoms with Crippen molar-refractivity contribution in [2.45, 2.75) is 13.0 Å². The quantitative estimate of drug-likeness (QED) is 0.333. The number of aromatic nitrogens is 5. The van der Waals surface area contributed by atoms with Crippen molar-refractivity contribution in [3.8, 4) is 23.0 Å². The molecule has 0 spiro atoms. The summed E-state index contributed by atoms with van der Waals surface area (Å²) >= 11 is 0. The van der Waals surface area contributed by atoms with Gasteiger partial charge < -0.3 is 15.5 Å². The lowest BCUT2D eigenvalue weighted by Gasteiger charge is -2.18. The minimum atomic E-state index is -0.710. The molecule has 4 aromatic heterocycles. The second-order valence-electron chi connectivity index (χ2n) is 9.20. The van der Waals surface area contributed by atoms with Crippen LogP contribution in [0.25, 0.3) is 27.7 Å². The third kappa shape index (κ3) is 4.35. The summed E-state index contributed by atoms with van der Waals surface area (Å²) in [6, 6.07) is 17.2. The van der Waals surface area contributed by atoms with Gasteiger partial charge in [0.1, 0.15) is 11.3 Å². The average Bonchev–Trinajstić information content (AvgIpc) is 3.53. The van der Waals surface area contributed by atoms with Crippen molar-refractivity contribution in [3.63, 3.8) is 0 Å². The maximum Gasteiger partial charge on any atom is 0.274 e. The van der Waals surface area contributed by atoms with Gasteiger partial charge in [0, 0.05) is 25.0 Å². The maximum absolute atomic E-state index is 14.1. The fraction of sp³-hybridized carbons (Fsp3) is 0.100. The van der Waals surface area contributed by atoms with Gasteiger partial charge in [0.05, 0.1) is 28.8 Å². The van der Waals surface area contributed by atoms with Crippen LogP contribution in [0.2, 0.25) is 0 Å². The molecule has 0 saturated carbocycles. The number of carbonyl (C=O) groups excluding carboxylic acids is 1. The molecule has 10 nitrogen and oxygen atoms in total. The van der Waals surface area contributed by atoms with Gasteiger partial charge in [-0.2, -0.15) is 10.2 Å². The van der Waals surface area contributed by atoms with Crippen LogP contribution in [0.5, 0.6) is 0 Å². The number of aryl methyl sites for hydroxylation is 1. The van der Waals surface area contributed by atoms with E-state index in [0.717, 1.165) is 5.56 Å². The maximum atomic E-state index is 14.1. The van der Waals surface area contributed by atoms with E-state index in [9.17, 15) is 9.59 Å². The summed E-state index contributed by atoms with van der Waals surface area (Å²) in [5, 5.41) is 11.6. The summed E-state index contributed by atoms with van der Waals surface area (Å²) in [6.45, 7) is 1.74. The summed E-state index contributed by atoms with van der Waals surface area (Å²) in [7, 11) is 1.81. The zero-order chi connectivity index (χ0) is 27.8. The Hall–Kier alpha value is -5.69. The zero-order valence-electron chi connectivity index (χ0n) is 21.6. The Morgan fingerprint density at radius 3 is 2.65 bits per heavy atom. The van der Waals surface area contributed by atoms with E-state index in [0.29, 0.717) is 39.1 Å². The van der Waals surface area contributed by atoms with Gasteiger partial charge in [-0.05, 0) is 36.8 Å². The molecule has 0 radical (unpaired) electrons. The number of hydrogen-bond donors (Lipinski definition) is 2. The van der Waals surface area contributed by atoms with E-state index >= 15 is 0 Å². The zero-order valence-corrected chi connectivity index (χ0v) is 21.6. The van der Waals surface area contributed by atoms with Crippen LogP contribution < -0.4 is 16.5 Å². The molecular formula is C30H23N7O3. The van der Waals surface area contributed by atoms with E-state index in [-0.39, 0.29) is 16.9 Å². The first-order chi connectivity index (χ1) is 19.4. The van der Waals surface area contributed by atoms with E-state index in [1.165, 1.54) is 4.52 Å². The van der Waals surface area contributed by atoms with Crippen LogP contribution in [0, 0.1) is 11.8 Å². The van der Waals surface area contributed by atoms with Gasteiger partial charge in [-0.15, -0.1) is 0 Å². The first-order valence-corrected chi connectivity index (χ1v) is 12.5.